The van der Waals surface area contributed by atoms with E-state index in [4.69, 9.17) is 9.47 Å². The van der Waals surface area contributed by atoms with Gasteiger partial charge in [-0.15, -0.1) is 0 Å². The molecule has 8 fully saturated rings. The highest BCUT2D eigenvalue weighted by Gasteiger charge is 2.63. The molecule has 0 saturated heterocycles. The first-order valence-electron chi connectivity index (χ1n) is 17.1. The SMILES string of the molecule is CC(C/C=C(\O)OCOC12CC3CC(CC(C3)C1)C2)C1CCC2C3C(CC[C@]12C)[C@@]1(C)CC[C@@H](O)CC1C[C@H]3O. The molecule has 8 aliphatic rings. The first-order chi connectivity index (χ1) is 19.1. The lowest BCUT2D eigenvalue weighted by atomic mass is 9.43. The number of ether oxygens (including phenoxy) is 2. The summed E-state index contributed by atoms with van der Waals surface area (Å²) in [6, 6.07) is 0. The number of aliphatic hydroxyl groups is 3. The molecule has 8 saturated carbocycles. The van der Waals surface area contributed by atoms with Crippen molar-refractivity contribution in [1.29, 1.82) is 0 Å². The molecule has 5 heteroatoms. The molecule has 5 nitrogen and oxygen atoms in total. The zero-order valence-electron chi connectivity index (χ0n) is 25.4. The van der Waals surface area contributed by atoms with E-state index in [9.17, 15) is 15.3 Å². The molecule has 0 amide bonds. The second-order valence-corrected chi connectivity index (χ2v) is 16.7. The molecule has 6 unspecified atom stereocenters. The largest absolute Gasteiger partial charge is 0.481 e. The number of aliphatic hydroxyl groups excluding tert-OH is 3. The summed E-state index contributed by atoms with van der Waals surface area (Å²) in [6.07, 6.45) is 18.8. The monoisotopic (exact) mass is 556 g/mol. The minimum absolute atomic E-state index is 0.00676. The quantitative estimate of drug-likeness (QED) is 0.225. The molecule has 226 valence electrons. The molecule has 10 atom stereocenters. The van der Waals surface area contributed by atoms with Crippen molar-refractivity contribution in [1.82, 2.24) is 0 Å². The maximum absolute atomic E-state index is 11.5. The third-order valence-electron chi connectivity index (χ3n) is 14.6. The molecule has 0 heterocycles. The number of hydrogen-bond donors (Lipinski definition) is 3. The van der Waals surface area contributed by atoms with E-state index in [-0.39, 0.29) is 41.4 Å². The molecule has 0 aliphatic heterocycles. The topological polar surface area (TPSA) is 79.2 Å². The summed E-state index contributed by atoms with van der Waals surface area (Å²) in [5, 5.41) is 32.5. The molecule has 0 radical (unpaired) electrons. The summed E-state index contributed by atoms with van der Waals surface area (Å²) >= 11 is 0. The van der Waals surface area contributed by atoms with Gasteiger partial charge in [-0.1, -0.05) is 20.8 Å². The Balaban J connectivity index is 0.952. The summed E-state index contributed by atoms with van der Waals surface area (Å²) < 4.78 is 12.1. The molecule has 0 aromatic carbocycles. The van der Waals surface area contributed by atoms with Gasteiger partial charge in [-0.25, -0.2) is 0 Å². The van der Waals surface area contributed by atoms with Gasteiger partial charge in [0.2, 0.25) is 0 Å². The van der Waals surface area contributed by atoms with Gasteiger partial charge in [-0.05, 0) is 166 Å². The zero-order chi connectivity index (χ0) is 27.9. The Labute approximate surface area is 242 Å². The third-order valence-corrected chi connectivity index (χ3v) is 14.6. The number of allylic oxidation sites excluding steroid dienone is 1. The van der Waals surface area contributed by atoms with E-state index in [0.29, 0.717) is 35.5 Å². The van der Waals surface area contributed by atoms with Gasteiger partial charge in [0.15, 0.2) is 6.79 Å². The van der Waals surface area contributed by atoms with E-state index in [0.717, 1.165) is 49.9 Å². The van der Waals surface area contributed by atoms with Crippen LogP contribution in [0.15, 0.2) is 12.0 Å². The van der Waals surface area contributed by atoms with Crippen molar-refractivity contribution in [2.75, 3.05) is 6.79 Å². The standard InChI is InChI=1S/C35H56O5/c1-21(4-7-31(38)39-20-40-35-17-22-12-23(18-35)14-24(13-22)19-35)27-5-6-28-32-29(9-11-34(27,28)3)33(2)10-8-26(36)15-25(33)16-30(32)37/h7,21-30,32,36-38H,4-6,8-20H2,1-3H3/b31-7+/t21?,22?,23?,24?,25?,26-,27?,28?,29?,30-,32?,33+,34-,35?/m1/s1. The van der Waals surface area contributed by atoms with Gasteiger partial charge in [-0.2, -0.15) is 0 Å². The molecule has 4 bridgehead atoms. The van der Waals surface area contributed by atoms with E-state index >= 15 is 0 Å². The Morgan fingerprint density at radius 3 is 2.20 bits per heavy atom. The summed E-state index contributed by atoms with van der Waals surface area (Å²) in [5.74, 6) is 5.68. The van der Waals surface area contributed by atoms with Gasteiger partial charge in [0, 0.05) is 0 Å². The molecular formula is C35H56O5. The average Bonchev–Trinajstić information content (AvgIpc) is 3.24. The Morgan fingerprint density at radius 2 is 1.50 bits per heavy atom. The van der Waals surface area contributed by atoms with Crippen LogP contribution in [0.4, 0.5) is 0 Å². The second kappa shape index (κ2) is 10.2. The summed E-state index contributed by atoms with van der Waals surface area (Å²) in [6.45, 7) is 7.54. The van der Waals surface area contributed by atoms with E-state index < -0.39 is 0 Å². The molecule has 3 N–H and O–H groups in total. The van der Waals surface area contributed by atoms with Crippen LogP contribution in [0.5, 0.6) is 0 Å². The molecular weight excluding hydrogens is 500 g/mol. The maximum Gasteiger partial charge on any atom is 0.274 e. The van der Waals surface area contributed by atoms with Crippen LogP contribution in [-0.2, 0) is 9.47 Å². The summed E-state index contributed by atoms with van der Waals surface area (Å²) in [4.78, 5) is 0. The highest BCUT2D eigenvalue weighted by atomic mass is 16.7. The minimum Gasteiger partial charge on any atom is -0.481 e. The van der Waals surface area contributed by atoms with Gasteiger partial charge < -0.3 is 24.8 Å². The molecule has 8 aliphatic carbocycles. The lowest BCUT2D eigenvalue weighted by Crippen LogP contribution is -2.58. The third kappa shape index (κ3) is 4.58. The Kier molecular flexibility index (Phi) is 7.11. The van der Waals surface area contributed by atoms with E-state index in [2.05, 4.69) is 20.8 Å². The Hall–Kier alpha value is -0.780. The fourth-order valence-corrected chi connectivity index (χ4v) is 13.1. The van der Waals surface area contributed by atoms with Crippen molar-refractivity contribution >= 4 is 0 Å². The molecule has 0 spiro atoms. The van der Waals surface area contributed by atoms with Crippen LogP contribution >= 0.6 is 0 Å². The van der Waals surface area contributed by atoms with Crippen molar-refractivity contribution < 1.29 is 24.8 Å². The van der Waals surface area contributed by atoms with E-state index in [1.165, 1.54) is 64.2 Å². The first kappa shape index (κ1) is 28.0. The van der Waals surface area contributed by atoms with E-state index in [1.54, 1.807) is 0 Å². The summed E-state index contributed by atoms with van der Waals surface area (Å²) in [5.41, 5.74) is 0.538. The zero-order valence-corrected chi connectivity index (χ0v) is 25.4. The molecule has 0 aromatic rings. The number of hydrogen-bond acceptors (Lipinski definition) is 5. The highest BCUT2D eigenvalue weighted by molar-refractivity contribution is 5.12. The second-order valence-electron chi connectivity index (χ2n) is 16.7. The van der Waals surface area contributed by atoms with Crippen molar-refractivity contribution in [2.45, 2.75) is 135 Å². The van der Waals surface area contributed by atoms with Crippen molar-refractivity contribution in [3.8, 4) is 0 Å². The van der Waals surface area contributed by atoms with Crippen molar-refractivity contribution in [2.24, 2.45) is 64.1 Å². The molecule has 8 rings (SSSR count). The lowest BCUT2D eigenvalue weighted by Gasteiger charge is -2.62. The average molecular weight is 557 g/mol. The molecule has 0 aromatic heterocycles. The number of rotatable bonds is 7. The minimum atomic E-state index is -0.224. The van der Waals surface area contributed by atoms with Crippen LogP contribution < -0.4 is 0 Å². The maximum atomic E-state index is 11.5. The predicted molar refractivity (Wildman–Crippen MR) is 155 cm³/mol. The van der Waals surface area contributed by atoms with Crippen LogP contribution in [0.2, 0.25) is 0 Å². The molecule has 40 heavy (non-hydrogen) atoms. The van der Waals surface area contributed by atoms with Crippen LogP contribution in [0.1, 0.15) is 117 Å². The van der Waals surface area contributed by atoms with Crippen molar-refractivity contribution in [3.05, 3.63) is 12.0 Å². The van der Waals surface area contributed by atoms with E-state index in [1.807, 2.05) is 6.08 Å². The smallest absolute Gasteiger partial charge is 0.274 e. The van der Waals surface area contributed by atoms with Crippen molar-refractivity contribution in [3.63, 3.8) is 0 Å². The Morgan fingerprint density at radius 1 is 0.850 bits per heavy atom. The van der Waals surface area contributed by atoms with Gasteiger partial charge in [0.1, 0.15) is 0 Å². The Bertz CT molecular complexity index is 942. The van der Waals surface area contributed by atoms with Crippen LogP contribution in [0.25, 0.3) is 0 Å². The van der Waals surface area contributed by atoms with Gasteiger partial charge in [0.05, 0.1) is 17.8 Å². The normalized spacial score (nSPS) is 54.0. The van der Waals surface area contributed by atoms with Gasteiger partial charge >= 0.3 is 0 Å². The van der Waals surface area contributed by atoms with Crippen LogP contribution in [0, 0.1) is 64.1 Å². The fourth-order valence-electron chi connectivity index (χ4n) is 13.1. The van der Waals surface area contributed by atoms with Crippen LogP contribution in [0.3, 0.4) is 0 Å². The first-order valence-corrected chi connectivity index (χ1v) is 17.1. The van der Waals surface area contributed by atoms with Gasteiger partial charge in [0.25, 0.3) is 5.95 Å². The lowest BCUT2D eigenvalue weighted by molar-refractivity contribution is -0.207. The fraction of sp³-hybridized carbons (Fsp3) is 0.943. The number of fused-ring (bicyclic) bond motifs is 5. The predicted octanol–water partition coefficient (Wildman–Crippen LogP) is 7.36. The summed E-state index contributed by atoms with van der Waals surface area (Å²) in [7, 11) is 0. The highest BCUT2D eigenvalue weighted by Crippen LogP contribution is 2.68. The van der Waals surface area contributed by atoms with Crippen LogP contribution in [-0.4, -0.2) is 39.9 Å². The van der Waals surface area contributed by atoms with Gasteiger partial charge in [-0.3, -0.25) is 0 Å².